The second-order valence-corrected chi connectivity index (χ2v) is 5.97. The van der Waals surface area contributed by atoms with Crippen molar-refractivity contribution in [1.82, 2.24) is 15.5 Å². The number of halogens is 1. The number of rotatable bonds is 5. The van der Waals surface area contributed by atoms with E-state index in [1.54, 1.807) is 0 Å². The first kappa shape index (κ1) is 17.5. The molecule has 1 aromatic rings. The molecule has 1 fully saturated rings. The van der Waals surface area contributed by atoms with Crippen LogP contribution in [0.2, 0.25) is 0 Å². The van der Waals surface area contributed by atoms with E-state index in [4.69, 9.17) is 4.99 Å². The Morgan fingerprint density at radius 3 is 2.77 bits per heavy atom. The summed E-state index contributed by atoms with van der Waals surface area (Å²) in [4.78, 5) is 7.20. The van der Waals surface area contributed by atoms with Gasteiger partial charge in [0.15, 0.2) is 5.96 Å². The highest BCUT2D eigenvalue weighted by atomic mass is 127. The lowest BCUT2D eigenvalue weighted by Gasteiger charge is -2.28. The molecule has 0 aromatic heterocycles. The molecule has 22 heavy (non-hydrogen) atoms. The Morgan fingerprint density at radius 1 is 1.27 bits per heavy atom. The summed E-state index contributed by atoms with van der Waals surface area (Å²) in [5.74, 6) is 0.984. The summed E-state index contributed by atoms with van der Waals surface area (Å²) < 4.78 is 0. The Balaban J connectivity index is 0.00000176. The smallest absolute Gasteiger partial charge is 0.191 e. The van der Waals surface area contributed by atoms with Gasteiger partial charge in [0.1, 0.15) is 0 Å². The quantitative estimate of drug-likeness (QED) is 0.442. The van der Waals surface area contributed by atoms with Crippen LogP contribution in [0.5, 0.6) is 0 Å². The second kappa shape index (κ2) is 8.72. The van der Waals surface area contributed by atoms with Crippen LogP contribution < -0.4 is 10.6 Å². The number of aliphatic imine (C=N–C) groups is 1. The molecular formula is C17H27IN4. The number of nitrogens with zero attached hydrogens (tertiary/aromatic N) is 2. The first-order valence-electron chi connectivity index (χ1n) is 8.19. The number of hydrogen-bond acceptors (Lipinski definition) is 2. The van der Waals surface area contributed by atoms with Crippen LogP contribution in [0.1, 0.15) is 30.9 Å². The number of guanidine groups is 1. The molecule has 4 nitrogen and oxygen atoms in total. The summed E-state index contributed by atoms with van der Waals surface area (Å²) in [5.41, 5.74) is 3.00. The molecule has 5 heteroatoms. The summed E-state index contributed by atoms with van der Waals surface area (Å²) >= 11 is 0. The van der Waals surface area contributed by atoms with E-state index in [0.717, 1.165) is 38.7 Å². The number of benzene rings is 1. The molecular weight excluding hydrogens is 387 g/mol. The van der Waals surface area contributed by atoms with Gasteiger partial charge in [-0.05, 0) is 37.3 Å². The van der Waals surface area contributed by atoms with Crippen LogP contribution in [0, 0.1) is 0 Å². The molecule has 0 bridgehead atoms. The molecule has 1 aliphatic carbocycles. The molecule has 2 N–H and O–H groups in total. The van der Waals surface area contributed by atoms with Crippen LogP contribution in [-0.2, 0) is 13.0 Å². The fraction of sp³-hybridized carbons (Fsp3) is 0.588. The molecule has 0 unspecified atom stereocenters. The Kier molecular flexibility index (Phi) is 6.95. The van der Waals surface area contributed by atoms with Gasteiger partial charge in [-0.2, -0.15) is 0 Å². The maximum Gasteiger partial charge on any atom is 0.191 e. The van der Waals surface area contributed by atoms with Gasteiger partial charge in [0, 0.05) is 32.2 Å². The van der Waals surface area contributed by atoms with E-state index < -0.39 is 0 Å². The van der Waals surface area contributed by atoms with Crippen LogP contribution in [0.15, 0.2) is 29.3 Å². The summed E-state index contributed by atoms with van der Waals surface area (Å²) in [6.45, 7) is 7.17. The number of hydrogen-bond donors (Lipinski definition) is 2. The van der Waals surface area contributed by atoms with Gasteiger partial charge in [0.05, 0.1) is 6.54 Å². The molecule has 0 spiro atoms. The highest BCUT2D eigenvalue weighted by molar-refractivity contribution is 14.0. The van der Waals surface area contributed by atoms with Crippen molar-refractivity contribution >= 4 is 29.9 Å². The lowest BCUT2D eigenvalue weighted by molar-refractivity contribution is 0.261. The van der Waals surface area contributed by atoms with Crippen molar-refractivity contribution in [3.8, 4) is 0 Å². The van der Waals surface area contributed by atoms with E-state index in [2.05, 4.69) is 46.7 Å². The van der Waals surface area contributed by atoms with Gasteiger partial charge < -0.3 is 10.6 Å². The molecule has 1 saturated carbocycles. The molecule has 1 heterocycles. The molecule has 1 aliphatic heterocycles. The van der Waals surface area contributed by atoms with Gasteiger partial charge in [-0.25, -0.2) is 0 Å². The molecule has 2 aliphatic rings. The van der Waals surface area contributed by atoms with Crippen molar-refractivity contribution in [3.05, 3.63) is 35.4 Å². The third-order valence-corrected chi connectivity index (χ3v) is 4.16. The van der Waals surface area contributed by atoms with Crippen LogP contribution in [0.4, 0.5) is 0 Å². The first-order chi connectivity index (χ1) is 10.3. The zero-order chi connectivity index (χ0) is 14.5. The van der Waals surface area contributed by atoms with Crippen LogP contribution in [0.25, 0.3) is 0 Å². The van der Waals surface area contributed by atoms with Crippen molar-refractivity contribution in [2.24, 2.45) is 4.99 Å². The molecule has 0 radical (unpaired) electrons. The fourth-order valence-corrected chi connectivity index (χ4v) is 2.79. The van der Waals surface area contributed by atoms with Gasteiger partial charge in [-0.1, -0.05) is 24.3 Å². The summed E-state index contributed by atoms with van der Waals surface area (Å²) in [5, 5.41) is 6.79. The van der Waals surface area contributed by atoms with Gasteiger partial charge >= 0.3 is 0 Å². The van der Waals surface area contributed by atoms with Crippen LogP contribution in [0.3, 0.4) is 0 Å². The maximum absolute atomic E-state index is 4.70. The average molecular weight is 414 g/mol. The number of nitrogens with one attached hydrogen (secondary N) is 2. The summed E-state index contributed by atoms with van der Waals surface area (Å²) in [7, 11) is 0. The predicted molar refractivity (Wildman–Crippen MR) is 103 cm³/mol. The minimum absolute atomic E-state index is 0. The van der Waals surface area contributed by atoms with Gasteiger partial charge in [-0.3, -0.25) is 9.89 Å². The topological polar surface area (TPSA) is 39.7 Å². The van der Waals surface area contributed by atoms with Crippen molar-refractivity contribution in [3.63, 3.8) is 0 Å². The minimum Gasteiger partial charge on any atom is -0.357 e. The molecule has 0 amide bonds. The van der Waals surface area contributed by atoms with Crippen molar-refractivity contribution < 1.29 is 0 Å². The van der Waals surface area contributed by atoms with Crippen molar-refractivity contribution in [2.45, 2.75) is 38.8 Å². The first-order valence-corrected chi connectivity index (χ1v) is 8.19. The molecule has 1 aromatic carbocycles. The lowest BCUT2D eigenvalue weighted by Crippen LogP contribution is -2.39. The van der Waals surface area contributed by atoms with Gasteiger partial charge in [0.25, 0.3) is 0 Å². The SMILES string of the molecule is CCNC(=NCCN1CCc2ccccc2C1)NC1CC1.I. The zero-order valence-corrected chi connectivity index (χ0v) is 15.7. The maximum atomic E-state index is 4.70. The molecule has 0 saturated heterocycles. The largest absolute Gasteiger partial charge is 0.357 e. The second-order valence-electron chi connectivity index (χ2n) is 5.97. The van der Waals surface area contributed by atoms with Crippen LogP contribution >= 0.6 is 24.0 Å². The highest BCUT2D eigenvalue weighted by Crippen LogP contribution is 2.19. The van der Waals surface area contributed by atoms with Gasteiger partial charge in [0.2, 0.25) is 0 Å². The monoisotopic (exact) mass is 414 g/mol. The average Bonchev–Trinajstić information content (AvgIpc) is 3.31. The van der Waals surface area contributed by atoms with Gasteiger partial charge in [-0.15, -0.1) is 24.0 Å². The fourth-order valence-electron chi connectivity index (χ4n) is 2.79. The lowest BCUT2D eigenvalue weighted by atomic mass is 10.0. The predicted octanol–water partition coefficient (Wildman–Crippen LogP) is 2.38. The van der Waals surface area contributed by atoms with E-state index in [1.165, 1.54) is 30.4 Å². The standard InChI is InChI=1S/C17H26N4.HI/c1-2-18-17(20-16-7-8-16)19-10-12-21-11-9-14-5-3-4-6-15(14)13-21;/h3-6,16H,2,7-13H2,1H3,(H2,18,19,20);1H. The minimum atomic E-state index is 0. The Bertz CT molecular complexity index is 499. The van der Waals surface area contributed by atoms with E-state index >= 15 is 0 Å². The summed E-state index contributed by atoms with van der Waals surface area (Å²) in [6, 6.07) is 9.45. The van der Waals surface area contributed by atoms with E-state index in [9.17, 15) is 0 Å². The third kappa shape index (κ3) is 5.12. The Hall–Kier alpha value is -0.820. The van der Waals surface area contributed by atoms with Crippen LogP contribution in [-0.4, -0.2) is 43.1 Å². The number of fused-ring (bicyclic) bond motifs is 1. The summed E-state index contributed by atoms with van der Waals surface area (Å²) in [6.07, 6.45) is 3.74. The van der Waals surface area contributed by atoms with Crippen molar-refractivity contribution in [2.75, 3.05) is 26.2 Å². The Labute approximate surface area is 150 Å². The van der Waals surface area contributed by atoms with E-state index in [1.807, 2.05) is 0 Å². The zero-order valence-electron chi connectivity index (χ0n) is 13.3. The normalized spacial score (nSPS) is 18.3. The molecule has 0 atom stereocenters. The molecule has 3 rings (SSSR count). The molecule has 122 valence electrons. The Morgan fingerprint density at radius 2 is 2.05 bits per heavy atom. The third-order valence-electron chi connectivity index (χ3n) is 4.16. The van der Waals surface area contributed by atoms with E-state index in [-0.39, 0.29) is 24.0 Å². The van der Waals surface area contributed by atoms with Crippen molar-refractivity contribution in [1.29, 1.82) is 0 Å². The van der Waals surface area contributed by atoms with E-state index in [0.29, 0.717) is 6.04 Å². The highest BCUT2D eigenvalue weighted by Gasteiger charge is 2.22.